The maximum Gasteiger partial charge on any atom is 0.168 e. The van der Waals surface area contributed by atoms with Crippen LogP contribution in [0.5, 0.6) is 0 Å². The molecule has 1 fully saturated rings. The van der Waals surface area contributed by atoms with Crippen molar-refractivity contribution in [3.63, 3.8) is 0 Å². The number of aromatic nitrogens is 4. The molecule has 7 nitrogen and oxygen atoms in total. The average molecular weight is 267 g/mol. The van der Waals surface area contributed by atoms with Gasteiger partial charge in [-0.3, -0.25) is 4.57 Å². The van der Waals surface area contributed by atoms with Gasteiger partial charge in [-0.15, -0.1) is 0 Å². The van der Waals surface area contributed by atoms with Crippen molar-refractivity contribution in [2.45, 2.75) is 25.4 Å². The number of rotatable bonds is 2. The molecule has 1 aliphatic rings. The Balaban J connectivity index is 2.04. The van der Waals surface area contributed by atoms with E-state index in [-0.39, 0.29) is 12.4 Å². The van der Waals surface area contributed by atoms with Crippen molar-refractivity contribution < 1.29 is 14.2 Å². The monoisotopic (exact) mass is 267 g/mol. The highest BCUT2D eigenvalue weighted by Gasteiger charge is 2.43. The topological polar surface area (TPSA) is 99.1 Å². The number of ether oxygens (including phenoxy) is 1. The standard InChI is InChI=1S/C11H14FN5O2/c1-5-6(2-18)19-11(7(5)12)17-4-16-8-9(13)14-3-15-10(8)17/h3-7,11,18H,2H2,1H3,(H2,13,14,15)/t5-,6-,7-,11-/m1/s1. The molecule has 0 radical (unpaired) electrons. The lowest BCUT2D eigenvalue weighted by molar-refractivity contribution is -0.0378. The Labute approximate surface area is 108 Å². The molecule has 0 saturated carbocycles. The molecule has 3 rings (SSSR count). The maximum atomic E-state index is 14.3. The van der Waals surface area contributed by atoms with Crippen LogP contribution in [0.15, 0.2) is 12.7 Å². The summed E-state index contributed by atoms with van der Waals surface area (Å²) in [5, 5.41) is 9.16. The van der Waals surface area contributed by atoms with E-state index in [2.05, 4.69) is 15.0 Å². The first-order valence-corrected chi connectivity index (χ1v) is 5.97. The van der Waals surface area contributed by atoms with E-state index < -0.39 is 24.4 Å². The van der Waals surface area contributed by atoms with Gasteiger partial charge in [0.1, 0.15) is 11.8 Å². The second kappa shape index (κ2) is 4.39. The Hall–Kier alpha value is -1.80. The quantitative estimate of drug-likeness (QED) is 0.810. The number of hydrogen-bond donors (Lipinski definition) is 2. The fourth-order valence-electron chi connectivity index (χ4n) is 2.33. The van der Waals surface area contributed by atoms with E-state index >= 15 is 0 Å². The summed E-state index contributed by atoms with van der Waals surface area (Å²) in [7, 11) is 0. The number of imidazole rings is 1. The molecule has 4 atom stereocenters. The first-order valence-electron chi connectivity index (χ1n) is 5.97. The Kier molecular flexibility index (Phi) is 2.83. The number of nitrogens with two attached hydrogens (primary N) is 1. The molecule has 102 valence electrons. The molecule has 3 N–H and O–H groups in total. The van der Waals surface area contributed by atoms with Crippen LogP contribution < -0.4 is 5.73 Å². The molecule has 2 aromatic rings. The van der Waals surface area contributed by atoms with Crippen LogP contribution in [-0.4, -0.2) is 43.5 Å². The van der Waals surface area contributed by atoms with Gasteiger partial charge in [0.2, 0.25) is 0 Å². The van der Waals surface area contributed by atoms with Gasteiger partial charge in [-0.1, -0.05) is 6.92 Å². The lowest BCUT2D eigenvalue weighted by Gasteiger charge is -2.15. The molecule has 0 aliphatic carbocycles. The molecule has 0 bridgehead atoms. The highest BCUT2D eigenvalue weighted by molar-refractivity contribution is 5.81. The fraction of sp³-hybridized carbons (Fsp3) is 0.545. The third kappa shape index (κ3) is 1.75. The predicted octanol–water partition coefficient (Wildman–Crippen LogP) is 0.272. The minimum atomic E-state index is -1.24. The number of anilines is 1. The summed E-state index contributed by atoms with van der Waals surface area (Å²) < 4.78 is 21.3. The average Bonchev–Trinajstić information content (AvgIpc) is 2.94. The minimum Gasteiger partial charge on any atom is -0.394 e. The Morgan fingerprint density at radius 3 is 2.95 bits per heavy atom. The number of aliphatic hydroxyl groups is 1. The highest BCUT2D eigenvalue weighted by atomic mass is 19.1. The van der Waals surface area contributed by atoms with Crippen LogP contribution in [0, 0.1) is 5.92 Å². The van der Waals surface area contributed by atoms with Crippen LogP contribution in [0.2, 0.25) is 0 Å². The Morgan fingerprint density at radius 2 is 2.26 bits per heavy atom. The first-order chi connectivity index (χ1) is 9.13. The zero-order valence-corrected chi connectivity index (χ0v) is 10.3. The molecule has 0 aromatic carbocycles. The molecular formula is C11H14FN5O2. The third-order valence-corrected chi connectivity index (χ3v) is 3.52. The molecule has 8 heteroatoms. The van der Waals surface area contributed by atoms with Crippen molar-refractivity contribution >= 4 is 17.0 Å². The van der Waals surface area contributed by atoms with E-state index in [1.165, 1.54) is 17.2 Å². The van der Waals surface area contributed by atoms with Gasteiger partial charge in [0, 0.05) is 5.92 Å². The van der Waals surface area contributed by atoms with E-state index in [0.29, 0.717) is 11.2 Å². The van der Waals surface area contributed by atoms with Crippen LogP contribution in [-0.2, 0) is 4.74 Å². The van der Waals surface area contributed by atoms with Gasteiger partial charge in [0.15, 0.2) is 23.9 Å². The smallest absolute Gasteiger partial charge is 0.168 e. The van der Waals surface area contributed by atoms with Crippen molar-refractivity contribution in [3.05, 3.63) is 12.7 Å². The highest BCUT2D eigenvalue weighted by Crippen LogP contribution is 2.37. The second-order valence-corrected chi connectivity index (χ2v) is 4.63. The summed E-state index contributed by atoms with van der Waals surface area (Å²) in [4.78, 5) is 12.0. The molecule has 1 aliphatic heterocycles. The Morgan fingerprint density at radius 1 is 1.47 bits per heavy atom. The largest absolute Gasteiger partial charge is 0.394 e. The van der Waals surface area contributed by atoms with E-state index in [9.17, 15) is 4.39 Å². The van der Waals surface area contributed by atoms with Gasteiger partial charge in [-0.05, 0) is 0 Å². The summed E-state index contributed by atoms with van der Waals surface area (Å²) in [6, 6.07) is 0. The zero-order chi connectivity index (χ0) is 13.6. The van der Waals surface area contributed by atoms with Crippen LogP contribution in [0.4, 0.5) is 10.2 Å². The SMILES string of the molecule is C[C@H]1[C@@H](F)[C@H](n2cnc3c(N)ncnc32)O[C@@H]1CO. The number of nitrogens with zero attached hydrogens (tertiary/aromatic N) is 4. The van der Waals surface area contributed by atoms with Gasteiger partial charge in [-0.2, -0.15) is 0 Å². The van der Waals surface area contributed by atoms with Crippen LogP contribution in [0.25, 0.3) is 11.2 Å². The van der Waals surface area contributed by atoms with Crippen molar-refractivity contribution in [2.75, 3.05) is 12.3 Å². The summed E-state index contributed by atoms with van der Waals surface area (Å²) in [6.07, 6.45) is 0.0959. The van der Waals surface area contributed by atoms with E-state index in [1.54, 1.807) is 6.92 Å². The first kappa shape index (κ1) is 12.2. The normalized spacial score (nSPS) is 31.1. The van der Waals surface area contributed by atoms with Gasteiger partial charge >= 0.3 is 0 Å². The lowest BCUT2D eigenvalue weighted by atomic mass is 10.0. The molecule has 0 spiro atoms. The van der Waals surface area contributed by atoms with Crippen LogP contribution in [0.3, 0.4) is 0 Å². The third-order valence-electron chi connectivity index (χ3n) is 3.52. The fourth-order valence-corrected chi connectivity index (χ4v) is 2.33. The number of nitrogen functional groups attached to an aromatic ring is 1. The van der Waals surface area contributed by atoms with Crippen molar-refractivity contribution in [1.29, 1.82) is 0 Å². The van der Waals surface area contributed by atoms with Crippen molar-refractivity contribution in [2.24, 2.45) is 5.92 Å². The van der Waals surface area contributed by atoms with E-state index in [1.807, 2.05) is 0 Å². The number of alkyl halides is 1. The number of halogens is 1. The van der Waals surface area contributed by atoms with Gasteiger partial charge in [0.05, 0.1) is 19.0 Å². The second-order valence-electron chi connectivity index (χ2n) is 4.63. The minimum absolute atomic E-state index is 0.220. The number of aliphatic hydroxyl groups excluding tert-OH is 1. The van der Waals surface area contributed by atoms with Crippen molar-refractivity contribution in [3.8, 4) is 0 Å². The zero-order valence-electron chi connectivity index (χ0n) is 10.3. The summed E-state index contributed by atoms with van der Waals surface area (Å²) in [6.45, 7) is 1.48. The van der Waals surface area contributed by atoms with Crippen LogP contribution >= 0.6 is 0 Å². The molecule has 1 saturated heterocycles. The van der Waals surface area contributed by atoms with Crippen LogP contribution in [0.1, 0.15) is 13.2 Å². The molecule has 2 aromatic heterocycles. The summed E-state index contributed by atoms with van der Waals surface area (Å²) in [5.41, 5.74) is 6.52. The summed E-state index contributed by atoms with van der Waals surface area (Å²) in [5.74, 6) is -0.157. The van der Waals surface area contributed by atoms with E-state index in [0.717, 1.165) is 0 Å². The van der Waals surface area contributed by atoms with Gasteiger partial charge in [0.25, 0.3) is 0 Å². The van der Waals surface area contributed by atoms with E-state index in [4.69, 9.17) is 15.6 Å². The molecule has 3 heterocycles. The Bertz CT molecular complexity index is 604. The number of fused-ring (bicyclic) bond motifs is 1. The molecular weight excluding hydrogens is 253 g/mol. The van der Waals surface area contributed by atoms with Gasteiger partial charge in [-0.25, -0.2) is 19.3 Å². The lowest BCUT2D eigenvalue weighted by Crippen LogP contribution is -2.21. The maximum absolute atomic E-state index is 14.3. The molecule has 19 heavy (non-hydrogen) atoms. The molecule has 0 unspecified atom stereocenters. The van der Waals surface area contributed by atoms with Crippen molar-refractivity contribution in [1.82, 2.24) is 19.5 Å². The predicted molar refractivity (Wildman–Crippen MR) is 64.8 cm³/mol. The summed E-state index contributed by atoms with van der Waals surface area (Å²) >= 11 is 0. The molecule has 0 amide bonds. The number of hydrogen-bond acceptors (Lipinski definition) is 6. The van der Waals surface area contributed by atoms with Gasteiger partial charge < -0.3 is 15.6 Å².